The van der Waals surface area contributed by atoms with Crippen molar-refractivity contribution in [2.75, 3.05) is 6.61 Å². The molecule has 1 aromatic heterocycles. The number of benzene rings is 1. The first-order valence-electron chi connectivity index (χ1n) is 6.80. The van der Waals surface area contributed by atoms with Crippen molar-refractivity contribution in [3.63, 3.8) is 0 Å². The number of carbonyl (C=O) groups excluding carboxylic acids is 1. The maximum atomic E-state index is 11.6. The first-order chi connectivity index (χ1) is 10.7. The Balaban J connectivity index is 1.86. The highest BCUT2D eigenvalue weighted by Gasteiger charge is 2.23. The zero-order chi connectivity index (χ0) is 15.4. The van der Waals surface area contributed by atoms with Crippen molar-refractivity contribution in [2.24, 2.45) is 4.99 Å². The zero-order valence-electron chi connectivity index (χ0n) is 11.9. The van der Waals surface area contributed by atoms with E-state index in [2.05, 4.69) is 10.3 Å². The molecule has 0 radical (unpaired) electrons. The molecule has 1 amide bonds. The zero-order valence-corrected chi connectivity index (χ0v) is 12.7. The van der Waals surface area contributed by atoms with Crippen molar-refractivity contribution in [3.8, 4) is 5.75 Å². The van der Waals surface area contributed by atoms with Crippen molar-refractivity contribution in [1.29, 1.82) is 0 Å². The summed E-state index contributed by atoms with van der Waals surface area (Å²) >= 11 is 1.10. The Hall–Kier alpha value is -2.47. The summed E-state index contributed by atoms with van der Waals surface area (Å²) in [5.41, 5.74) is 0.742. The van der Waals surface area contributed by atoms with Gasteiger partial charge >= 0.3 is 0 Å². The number of carbonyl (C=O) groups is 1. The molecule has 112 valence electrons. The SMILES string of the molecule is CCOc1ccc(N=C2NC(=O)S/C2=C/c2ccco2)cc1. The number of amides is 1. The van der Waals surface area contributed by atoms with E-state index in [-0.39, 0.29) is 5.24 Å². The van der Waals surface area contributed by atoms with Crippen LogP contribution in [0.2, 0.25) is 0 Å². The molecule has 1 aliphatic heterocycles. The second-order valence-corrected chi connectivity index (χ2v) is 5.44. The molecule has 0 saturated carbocycles. The molecule has 0 atom stereocenters. The molecule has 1 N–H and O–H groups in total. The van der Waals surface area contributed by atoms with Crippen molar-refractivity contribution < 1.29 is 13.9 Å². The van der Waals surface area contributed by atoms with Crippen LogP contribution in [-0.2, 0) is 0 Å². The molecule has 1 aliphatic rings. The van der Waals surface area contributed by atoms with Crippen LogP contribution in [0.3, 0.4) is 0 Å². The number of rotatable bonds is 4. The van der Waals surface area contributed by atoms with Crippen molar-refractivity contribution in [3.05, 3.63) is 53.3 Å². The molecule has 1 fully saturated rings. The van der Waals surface area contributed by atoms with E-state index in [9.17, 15) is 4.79 Å². The minimum absolute atomic E-state index is 0.150. The maximum absolute atomic E-state index is 11.6. The average molecular weight is 314 g/mol. The van der Waals surface area contributed by atoms with Gasteiger partial charge in [-0.2, -0.15) is 0 Å². The minimum atomic E-state index is -0.150. The molecule has 0 bridgehead atoms. The first-order valence-corrected chi connectivity index (χ1v) is 7.62. The Morgan fingerprint density at radius 3 is 2.82 bits per heavy atom. The summed E-state index contributed by atoms with van der Waals surface area (Å²) in [7, 11) is 0. The summed E-state index contributed by atoms with van der Waals surface area (Å²) < 4.78 is 10.7. The Labute approximate surface area is 132 Å². The predicted molar refractivity (Wildman–Crippen MR) is 87.5 cm³/mol. The van der Waals surface area contributed by atoms with Gasteiger partial charge in [0.05, 0.1) is 23.5 Å². The fourth-order valence-electron chi connectivity index (χ4n) is 1.93. The molecular weight excluding hydrogens is 300 g/mol. The van der Waals surface area contributed by atoms with Gasteiger partial charge in [0.25, 0.3) is 5.24 Å². The van der Waals surface area contributed by atoms with Gasteiger partial charge in [-0.25, -0.2) is 4.99 Å². The molecule has 0 unspecified atom stereocenters. The topological polar surface area (TPSA) is 63.8 Å². The molecular formula is C16H14N2O3S. The second kappa shape index (κ2) is 6.53. The van der Waals surface area contributed by atoms with Crippen LogP contribution in [0.4, 0.5) is 10.5 Å². The standard InChI is InChI=1S/C16H14N2O3S/c1-2-20-12-7-5-11(6-8-12)17-15-14(22-16(19)18-15)10-13-4-3-9-21-13/h3-10H,2H2,1H3,(H,17,18,19)/b14-10+. The predicted octanol–water partition coefficient (Wildman–Crippen LogP) is 4.21. The van der Waals surface area contributed by atoms with Crippen LogP contribution in [0.5, 0.6) is 5.75 Å². The van der Waals surface area contributed by atoms with Crippen molar-refractivity contribution in [1.82, 2.24) is 5.32 Å². The van der Waals surface area contributed by atoms with E-state index in [0.717, 1.165) is 28.1 Å². The lowest BCUT2D eigenvalue weighted by atomic mass is 10.3. The van der Waals surface area contributed by atoms with E-state index in [0.29, 0.717) is 18.2 Å². The van der Waals surface area contributed by atoms with E-state index >= 15 is 0 Å². The van der Waals surface area contributed by atoms with E-state index in [1.165, 1.54) is 0 Å². The van der Waals surface area contributed by atoms with Gasteiger partial charge in [-0.05, 0) is 61.2 Å². The van der Waals surface area contributed by atoms with E-state index in [1.54, 1.807) is 18.4 Å². The highest BCUT2D eigenvalue weighted by atomic mass is 32.2. The lowest BCUT2D eigenvalue weighted by molar-refractivity contribution is 0.265. The van der Waals surface area contributed by atoms with Crippen LogP contribution < -0.4 is 10.1 Å². The van der Waals surface area contributed by atoms with E-state index < -0.39 is 0 Å². The molecule has 22 heavy (non-hydrogen) atoms. The normalized spacial score (nSPS) is 18.0. The van der Waals surface area contributed by atoms with E-state index in [4.69, 9.17) is 9.15 Å². The molecule has 2 heterocycles. The number of amidine groups is 1. The number of hydrogen-bond acceptors (Lipinski definition) is 5. The molecule has 1 saturated heterocycles. The highest BCUT2D eigenvalue weighted by Crippen LogP contribution is 2.29. The summed E-state index contributed by atoms with van der Waals surface area (Å²) in [4.78, 5) is 16.8. The van der Waals surface area contributed by atoms with Crippen LogP contribution in [0.1, 0.15) is 12.7 Å². The second-order valence-electron chi connectivity index (χ2n) is 4.43. The van der Waals surface area contributed by atoms with Gasteiger partial charge in [0.2, 0.25) is 0 Å². The maximum Gasteiger partial charge on any atom is 0.289 e. The minimum Gasteiger partial charge on any atom is -0.494 e. The number of furan rings is 1. The van der Waals surface area contributed by atoms with Gasteiger partial charge in [0.1, 0.15) is 17.3 Å². The number of hydrogen-bond donors (Lipinski definition) is 1. The third-order valence-electron chi connectivity index (χ3n) is 2.86. The molecule has 0 spiro atoms. The lowest BCUT2D eigenvalue weighted by Gasteiger charge is -2.03. The summed E-state index contributed by atoms with van der Waals surface area (Å²) in [6, 6.07) is 11.0. The fourth-order valence-corrected chi connectivity index (χ4v) is 2.64. The van der Waals surface area contributed by atoms with Crippen molar-refractivity contribution in [2.45, 2.75) is 6.92 Å². The molecule has 5 nitrogen and oxygen atoms in total. The number of nitrogens with zero attached hydrogens (tertiary/aromatic N) is 1. The van der Waals surface area contributed by atoms with Crippen molar-refractivity contribution >= 4 is 34.6 Å². The Morgan fingerprint density at radius 1 is 1.32 bits per heavy atom. The Morgan fingerprint density at radius 2 is 2.14 bits per heavy atom. The van der Waals surface area contributed by atoms with Crippen LogP contribution >= 0.6 is 11.8 Å². The van der Waals surface area contributed by atoms with Gasteiger partial charge in [-0.3, -0.25) is 4.79 Å². The van der Waals surface area contributed by atoms with Crippen LogP contribution in [0.15, 0.2) is 57.0 Å². The first kappa shape index (κ1) is 14.5. The summed E-state index contributed by atoms with van der Waals surface area (Å²) in [5.74, 6) is 2.00. The molecule has 3 rings (SSSR count). The smallest absolute Gasteiger partial charge is 0.289 e. The number of nitrogens with one attached hydrogen (secondary N) is 1. The van der Waals surface area contributed by atoms with E-state index in [1.807, 2.05) is 37.3 Å². The average Bonchev–Trinajstić information content (AvgIpc) is 3.12. The fraction of sp³-hybridized carbons (Fsp3) is 0.125. The van der Waals surface area contributed by atoms with Crippen LogP contribution in [0, 0.1) is 0 Å². The molecule has 0 aliphatic carbocycles. The lowest BCUT2D eigenvalue weighted by Crippen LogP contribution is -2.18. The number of ether oxygens (including phenoxy) is 1. The monoisotopic (exact) mass is 314 g/mol. The summed E-state index contributed by atoms with van der Waals surface area (Å²) in [6.07, 6.45) is 3.38. The third-order valence-corrected chi connectivity index (χ3v) is 3.68. The summed E-state index contributed by atoms with van der Waals surface area (Å²) in [6.45, 7) is 2.56. The largest absolute Gasteiger partial charge is 0.494 e. The van der Waals surface area contributed by atoms with Gasteiger partial charge in [0, 0.05) is 0 Å². The third kappa shape index (κ3) is 3.40. The molecule has 2 aromatic rings. The quantitative estimate of drug-likeness (QED) is 0.918. The van der Waals surface area contributed by atoms with Gasteiger partial charge < -0.3 is 14.5 Å². The Bertz CT molecular complexity index is 718. The molecule has 1 aromatic carbocycles. The van der Waals surface area contributed by atoms with Gasteiger partial charge in [0.15, 0.2) is 0 Å². The number of aliphatic imine (C=N–C) groups is 1. The summed E-state index contributed by atoms with van der Waals surface area (Å²) in [5, 5.41) is 2.59. The Kier molecular flexibility index (Phi) is 4.29. The number of thioether (sulfide) groups is 1. The molecule has 6 heteroatoms. The van der Waals surface area contributed by atoms with Crippen LogP contribution in [0.25, 0.3) is 6.08 Å². The van der Waals surface area contributed by atoms with Gasteiger partial charge in [-0.1, -0.05) is 0 Å². The van der Waals surface area contributed by atoms with Crippen LogP contribution in [-0.4, -0.2) is 17.7 Å². The van der Waals surface area contributed by atoms with Gasteiger partial charge in [-0.15, -0.1) is 0 Å². The highest BCUT2D eigenvalue weighted by molar-refractivity contribution is 8.18.